The minimum Gasteiger partial charge on any atom is -0.403 e. The number of nitrogens with zero attached hydrogens (tertiary/aromatic N) is 6. The molecule has 3 aromatic heterocycles. The summed E-state index contributed by atoms with van der Waals surface area (Å²) in [7, 11) is 5.67. The first-order chi connectivity index (χ1) is 16.4. The van der Waals surface area contributed by atoms with Crippen molar-refractivity contribution in [2.75, 3.05) is 12.4 Å². The Balaban J connectivity index is 1.65. The first-order valence-corrected chi connectivity index (χ1v) is 10.9. The summed E-state index contributed by atoms with van der Waals surface area (Å²) in [4.78, 5) is 9.22. The molecule has 0 radical (unpaired) electrons. The van der Waals surface area contributed by atoms with E-state index < -0.39 is 0 Å². The molecule has 5 N–H and O–H groups in total. The highest BCUT2D eigenvalue weighted by molar-refractivity contribution is 5.97. The summed E-state index contributed by atoms with van der Waals surface area (Å²) in [6, 6.07) is 14.2. The van der Waals surface area contributed by atoms with Crippen molar-refractivity contribution in [2.24, 2.45) is 25.7 Å². The number of hydrogen-bond acceptors (Lipinski definition) is 7. The summed E-state index contributed by atoms with van der Waals surface area (Å²) in [5, 5.41) is 10.8. The van der Waals surface area contributed by atoms with Gasteiger partial charge < -0.3 is 20.6 Å². The summed E-state index contributed by atoms with van der Waals surface area (Å²) in [6.07, 6.45) is 8.87. The maximum absolute atomic E-state index is 6.10. The van der Waals surface area contributed by atoms with E-state index in [9.17, 15) is 0 Å². The van der Waals surface area contributed by atoms with E-state index in [1.807, 2.05) is 32.4 Å². The van der Waals surface area contributed by atoms with Crippen LogP contribution >= 0.6 is 0 Å². The van der Waals surface area contributed by atoms with Crippen LogP contribution in [0.4, 0.5) is 5.69 Å². The van der Waals surface area contributed by atoms with Gasteiger partial charge in [-0.3, -0.25) is 14.6 Å². The molecule has 0 saturated carbocycles. The molecule has 5 rings (SSSR count). The number of aromatic nitrogens is 5. The largest absolute Gasteiger partial charge is 0.403 e. The van der Waals surface area contributed by atoms with E-state index in [0.29, 0.717) is 5.70 Å². The van der Waals surface area contributed by atoms with Gasteiger partial charge in [0.15, 0.2) is 0 Å². The van der Waals surface area contributed by atoms with Crippen LogP contribution in [-0.2, 0) is 14.1 Å². The van der Waals surface area contributed by atoms with Crippen molar-refractivity contribution in [1.29, 1.82) is 0 Å². The molecule has 34 heavy (non-hydrogen) atoms. The number of hydrazine groups is 1. The van der Waals surface area contributed by atoms with E-state index in [-0.39, 0.29) is 6.04 Å². The van der Waals surface area contributed by atoms with E-state index >= 15 is 0 Å². The van der Waals surface area contributed by atoms with Crippen LogP contribution in [0.2, 0.25) is 0 Å². The Morgan fingerprint density at radius 2 is 1.88 bits per heavy atom. The molecule has 0 aliphatic rings. The highest BCUT2D eigenvalue weighted by atomic mass is 15.4. The Morgan fingerprint density at radius 3 is 2.62 bits per heavy atom. The van der Waals surface area contributed by atoms with Crippen LogP contribution in [0.3, 0.4) is 0 Å². The first kappa shape index (κ1) is 21.5. The molecule has 1 unspecified atom stereocenters. The zero-order valence-electron chi connectivity index (χ0n) is 19.3. The van der Waals surface area contributed by atoms with Gasteiger partial charge in [-0.15, -0.1) is 0 Å². The lowest BCUT2D eigenvalue weighted by molar-refractivity contribution is 0.409. The third-order valence-corrected chi connectivity index (χ3v) is 5.99. The Bertz CT molecular complexity index is 1510. The number of nitrogens with two attached hydrogens (primary N) is 2. The summed E-state index contributed by atoms with van der Waals surface area (Å²) in [5.41, 5.74) is 13.1. The lowest BCUT2D eigenvalue weighted by Gasteiger charge is -2.26. The number of anilines is 1. The Labute approximate surface area is 197 Å². The van der Waals surface area contributed by atoms with Gasteiger partial charge in [-0.1, -0.05) is 12.1 Å². The van der Waals surface area contributed by atoms with Crippen LogP contribution in [0.1, 0.15) is 11.7 Å². The monoisotopic (exact) mass is 453 g/mol. The third kappa shape index (κ3) is 3.82. The van der Waals surface area contributed by atoms with Gasteiger partial charge in [-0.25, -0.2) is 5.84 Å². The van der Waals surface area contributed by atoms with Crippen LogP contribution in [0, 0.1) is 0 Å². The van der Waals surface area contributed by atoms with Gasteiger partial charge in [0.05, 0.1) is 22.4 Å². The zero-order valence-corrected chi connectivity index (χ0v) is 19.3. The molecule has 1 atom stereocenters. The van der Waals surface area contributed by atoms with Crippen molar-refractivity contribution < 1.29 is 0 Å². The van der Waals surface area contributed by atoms with Gasteiger partial charge in [0.1, 0.15) is 6.04 Å². The topological polar surface area (TPSA) is 116 Å². The van der Waals surface area contributed by atoms with Gasteiger partial charge in [0, 0.05) is 68.9 Å². The molecular formula is C25H27N9. The fraction of sp³-hybridized carbons (Fsp3) is 0.160. The average Bonchev–Trinajstić information content (AvgIpc) is 3.43. The van der Waals surface area contributed by atoms with Crippen molar-refractivity contribution in [3.8, 4) is 11.1 Å². The maximum Gasteiger partial charge on any atom is 0.114 e. The van der Waals surface area contributed by atoms with Crippen molar-refractivity contribution >= 4 is 27.6 Å². The lowest BCUT2D eigenvalue weighted by atomic mass is 10.0. The minimum absolute atomic E-state index is 0.362. The summed E-state index contributed by atoms with van der Waals surface area (Å²) < 4.78 is 3.86. The second-order valence-corrected chi connectivity index (χ2v) is 8.34. The Hall–Kier alpha value is -4.37. The number of likely N-dealkylation sites (N-methyl/N-ethyl adjacent to an activating group) is 1. The third-order valence-electron chi connectivity index (χ3n) is 5.99. The molecule has 5 aromatic rings. The zero-order chi connectivity index (χ0) is 23.8. The van der Waals surface area contributed by atoms with Gasteiger partial charge in [0.25, 0.3) is 0 Å². The highest BCUT2D eigenvalue weighted by Crippen LogP contribution is 2.34. The van der Waals surface area contributed by atoms with Crippen LogP contribution in [0.25, 0.3) is 33.1 Å². The van der Waals surface area contributed by atoms with Crippen molar-refractivity contribution in [3.63, 3.8) is 0 Å². The predicted molar refractivity (Wildman–Crippen MR) is 135 cm³/mol. The molecule has 172 valence electrons. The maximum atomic E-state index is 6.10. The van der Waals surface area contributed by atoms with E-state index in [0.717, 1.165) is 39.1 Å². The molecule has 2 aromatic carbocycles. The normalized spacial score (nSPS) is 12.9. The van der Waals surface area contributed by atoms with E-state index in [4.69, 9.17) is 11.6 Å². The van der Waals surface area contributed by atoms with Crippen molar-refractivity contribution in [1.82, 2.24) is 29.3 Å². The van der Waals surface area contributed by atoms with Gasteiger partial charge in [-0.2, -0.15) is 5.10 Å². The Kier molecular flexibility index (Phi) is 5.39. The molecule has 0 fully saturated rings. The number of aryl methyl sites for hydroxylation is 2. The molecule has 0 aliphatic carbocycles. The molecule has 0 amide bonds. The van der Waals surface area contributed by atoms with Crippen LogP contribution in [0.5, 0.6) is 0 Å². The molecule has 0 bridgehead atoms. The molecule has 3 heterocycles. The summed E-state index contributed by atoms with van der Waals surface area (Å²) in [5.74, 6) is 6.10. The number of fused-ring (bicyclic) bond motifs is 2. The van der Waals surface area contributed by atoms with E-state index in [1.54, 1.807) is 24.1 Å². The predicted octanol–water partition coefficient (Wildman–Crippen LogP) is 3.28. The van der Waals surface area contributed by atoms with Crippen LogP contribution < -0.4 is 16.9 Å². The van der Waals surface area contributed by atoms with Gasteiger partial charge in [0.2, 0.25) is 0 Å². The number of hydrogen-bond donors (Lipinski definition) is 3. The van der Waals surface area contributed by atoms with Gasteiger partial charge in [-0.05, 0) is 41.3 Å². The molecule has 9 heteroatoms. The molecule has 0 saturated heterocycles. The standard InChI is InChI=1S/C25H27N9/c1-32-10-6-16-4-5-17(12-22(16)32)19-13-18(14-21-24(19)29-9-8-28-21)30-25(23(15-26)34(3)27)20-7-11-33(2)31-20/h4-15,25,30H,26-27H2,1-3H3/b23-15-. The quantitative estimate of drug-likeness (QED) is 0.267. The molecule has 0 aliphatic heterocycles. The Morgan fingerprint density at radius 1 is 1.06 bits per heavy atom. The van der Waals surface area contributed by atoms with Crippen molar-refractivity contribution in [2.45, 2.75) is 6.04 Å². The fourth-order valence-corrected chi connectivity index (χ4v) is 4.28. The SMILES string of the molecule is CN(N)/C(=C\N)C(Nc1cc(-c2ccc3ccn(C)c3c2)c2nccnc2c1)c1ccn(C)n1. The molecule has 0 spiro atoms. The second-order valence-electron chi connectivity index (χ2n) is 8.34. The second kappa shape index (κ2) is 8.53. The first-order valence-electron chi connectivity index (χ1n) is 10.9. The number of nitrogens with one attached hydrogen (secondary N) is 1. The molecular weight excluding hydrogens is 426 g/mol. The van der Waals surface area contributed by atoms with Crippen molar-refractivity contribution in [3.05, 3.63) is 84.8 Å². The smallest absolute Gasteiger partial charge is 0.114 e. The van der Waals surface area contributed by atoms with Crippen LogP contribution in [-0.4, -0.2) is 36.4 Å². The number of rotatable bonds is 6. The lowest BCUT2D eigenvalue weighted by Crippen LogP contribution is -2.32. The highest BCUT2D eigenvalue weighted by Gasteiger charge is 2.22. The van der Waals surface area contributed by atoms with Gasteiger partial charge >= 0.3 is 0 Å². The average molecular weight is 454 g/mol. The minimum atomic E-state index is -0.362. The fourth-order valence-electron chi connectivity index (χ4n) is 4.28. The van der Waals surface area contributed by atoms with Crippen LogP contribution in [0.15, 0.2) is 79.1 Å². The van der Waals surface area contributed by atoms with E-state index in [1.165, 1.54) is 16.6 Å². The molecule has 9 nitrogen and oxygen atoms in total. The van der Waals surface area contributed by atoms with E-state index in [2.05, 4.69) is 61.5 Å². The number of benzene rings is 2. The summed E-state index contributed by atoms with van der Waals surface area (Å²) >= 11 is 0. The summed E-state index contributed by atoms with van der Waals surface area (Å²) in [6.45, 7) is 0.